The molecule has 0 aliphatic carbocycles. The normalized spacial score (nSPS) is 27.4. The van der Waals surface area contributed by atoms with Crippen LogP contribution in [0.2, 0.25) is 0 Å². The maximum atomic E-state index is 10.6. The second-order valence-corrected chi connectivity index (χ2v) is 4.89. The minimum atomic E-state index is -2.82. The zero-order valence-corrected chi connectivity index (χ0v) is 6.65. The summed E-state index contributed by atoms with van der Waals surface area (Å²) in [6.45, 7) is 0.326. The molecule has 60 valence electrons. The fraction of sp³-hybridized carbons (Fsp3) is 1.00. The predicted molar refractivity (Wildman–Crippen MR) is 37.4 cm³/mol. The molecule has 1 heterocycles. The first-order valence-corrected chi connectivity index (χ1v) is 4.78. The zero-order chi connectivity index (χ0) is 7.83. The molecule has 1 aliphatic rings. The second kappa shape index (κ2) is 2.18. The van der Waals surface area contributed by atoms with Gasteiger partial charge in [0, 0.05) is 7.11 Å². The Morgan fingerprint density at radius 1 is 1.60 bits per heavy atom. The molecule has 0 aromatic rings. The number of sulfone groups is 1. The summed E-state index contributed by atoms with van der Waals surface area (Å²) in [6, 6.07) is 0. The lowest BCUT2D eigenvalue weighted by atomic mass is 10.1. The molecule has 0 saturated carbocycles. The van der Waals surface area contributed by atoms with Crippen molar-refractivity contribution in [1.29, 1.82) is 0 Å². The zero-order valence-electron chi connectivity index (χ0n) is 5.83. The number of nitrogens with two attached hydrogens (primary N) is 1. The fourth-order valence-electron chi connectivity index (χ4n) is 1.20. The first-order chi connectivity index (χ1) is 4.47. The fourth-order valence-corrected chi connectivity index (χ4v) is 3.04. The van der Waals surface area contributed by atoms with Crippen LogP contribution in [0.1, 0.15) is 0 Å². The van der Waals surface area contributed by atoms with Crippen LogP contribution in [0.5, 0.6) is 0 Å². The van der Waals surface area contributed by atoms with E-state index >= 15 is 0 Å². The van der Waals surface area contributed by atoms with Gasteiger partial charge in [-0.3, -0.25) is 0 Å². The Kier molecular flexibility index (Phi) is 1.74. The van der Waals surface area contributed by atoms with E-state index in [4.69, 9.17) is 10.5 Å². The Hall–Kier alpha value is -0.130. The van der Waals surface area contributed by atoms with Crippen molar-refractivity contribution in [2.45, 2.75) is 5.54 Å². The van der Waals surface area contributed by atoms with E-state index < -0.39 is 15.4 Å². The Balaban J connectivity index is 2.49. The van der Waals surface area contributed by atoms with Crippen LogP contribution in [0.25, 0.3) is 0 Å². The summed E-state index contributed by atoms with van der Waals surface area (Å²) in [5.41, 5.74) is 4.98. The Labute approximate surface area is 60.3 Å². The Bertz CT molecular complexity index is 209. The van der Waals surface area contributed by atoms with E-state index in [0.717, 1.165) is 0 Å². The average Bonchev–Trinajstić information content (AvgIpc) is 1.58. The van der Waals surface area contributed by atoms with Gasteiger partial charge in [0.2, 0.25) is 0 Å². The quantitative estimate of drug-likeness (QED) is 0.555. The number of methoxy groups -OCH3 is 1. The van der Waals surface area contributed by atoms with Crippen molar-refractivity contribution in [2.24, 2.45) is 5.73 Å². The van der Waals surface area contributed by atoms with Gasteiger partial charge in [-0.15, -0.1) is 0 Å². The molecular formula is C5H11NO3S. The highest BCUT2D eigenvalue weighted by atomic mass is 32.2. The van der Waals surface area contributed by atoms with Crippen LogP contribution >= 0.6 is 0 Å². The standard InChI is InChI=1S/C5H11NO3S/c1-9-2-5(6)3-10(7,8)4-5/h2-4,6H2,1H3. The van der Waals surface area contributed by atoms with Gasteiger partial charge in [0.25, 0.3) is 0 Å². The van der Waals surface area contributed by atoms with Crippen molar-refractivity contribution < 1.29 is 13.2 Å². The highest BCUT2D eigenvalue weighted by molar-refractivity contribution is 7.93. The van der Waals surface area contributed by atoms with Gasteiger partial charge in [-0.25, -0.2) is 8.42 Å². The van der Waals surface area contributed by atoms with Gasteiger partial charge in [-0.05, 0) is 0 Å². The maximum Gasteiger partial charge on any atom is 0.154 e. The number of hydrogen-bond acceptors (Lipinski definition) is 4. The van der Waals surface area contributed by atoms with Crippen LogP contribution in [-0.2, 0) is 14.6 Å². The van der Waals surface area contributed by atoms with Crippen LogP contribution in [-0.4, -0.2) is 39.2 Å². The van der Waals surface area contributed by atoms with Crippen molar-refractivity contribution in [1.82, 2.24) is 0 Å². The molecule has 4 nitrogen and oxygen atoms in total. The van der Waals surface area contributed by atoms with E-state index in [1.54, 1.807) is 0 Å². The third kappa shape index (κ3) is 1.47. The highest BCUT2D eigenvalue weighted by Gasteiger charge is 2.45. The lowest BCUT2D eigenvalue weighted by molar-refractivity contribution is 0.145. The van der Waals surface area contributed by atoms with E-state index in [0.29, 0.717) is 6.61 Å². The predicted octanol–water partition coefficient (Wildman–Crippen LogP) is -1.24. The van der Waals surface area contributed by atoms with Crippen molar-refractivity contribution in [2.75, 3.05) is 25.2 Å². The smallest absolute Gasteiger partial charge is 0.154 e. The lowest BCUT2D eigenvalue weighted by Gasteiger charge is -2.36. The average molecular weight is 165 g/mol. The molecule has 0 aromatic carbocycles. The van der Waals surface area contributed by atoms with Gasteiger partial charge in [0.15, 0.2) is 9.84 Å². The minimum Gasteiger partial charge on any atom is -0.383 e. The van der Waals surface area contributed by atoms with E-state index in [-0.39, 0.29) is 11.5 Å². The molecule has 1 rings (SSSR count). The van der Waals surface area contributed by atoms with Crippen molar-refractivity contribution >= 4 is 9.84 Å². The number of rotatable bonds is 2. The van der Waals surface area contributed by atoms with Gasteiger partial charge in [-0.1, -0.05) is 0 Å². The van der Waals surface area contributed by atoms with Crippen LogP contribution < -0.4 is 5.73 Å². The van der Waals surface area contributed by atoms with E-state index in [2.05, 4.69) is 0 Å². The molecule has 0 atom stereocenters. The van der Waals surface area contributed by atoms with E-state index in [9.17, 15) is 8.42 Å². The minimum absolute atomic E-state index is 0.0633. The lowest BCUT2D eigenvalue weighted by Crippen LogP contribution is -2.64. The molecule has 0 radical (unpaired) electrons. The maximum absolute atomic E-state index is 10.6. The van der Waals surface area contributed by atoms with Gasteiger partial charge >= 0.3 is 0 Å². The summed E-state index contributed by atoms with van der Waals surface area (Å²) in [5.74, 6) is 0.127. The molecule has 1 fully saturated rings. The van der Waals surface area contributed by atoms with Crippen molar-refractivity contribution in [3.05, 3.63) is 0 Å². The molecule has 1 aliphatic heterocycles. The van der Waals surface area contributed by atoms with E-state index in [1.807, 2.05) is 0 Å². The van der Waals surface area contributed by atoms with Gasteiger partial charge < -0.3 is 10.5 Å². The van der Waals surface area contributed by atoms with Gasteiger partial charge in [0.1, 0.15) is 0 Å². The van der Waals surface area contributed by atoms with Crippen LogP contribution in [0.3, 0.4) is 0 Å². The van der Waals surface area contributed by atoms with Crippen LogP contribution in [0.4, 0.5) is 0 Å². The molecule has 0 aromatic heterocycles. The number of ether oxygens (including phenoxy) is 1. The summed E-state index contributed by atoms with van der Waals surface area (Å²) in [7, 11) is -1.30. The summed E-state index contributed by atoms with van der Waals surface area (Å²) < 4.78 is 26.0. The van der Waals surface area contributed by atoms with Crippen molar-refractivity contribution in [3.8, 4) is 0 Å². The first kappa shape index (κ1) is 7.97. The second-order valence-electron chi connectivity index (χ2n) is 2.83. The Morgan fingerprint density at radius 3 is 2.40 bits per heavy atom. The molecule has 2 N–H and O–H groups in total. The van der Waals surface area contributed by atoms with Crippen LogP contribution in [0, 0.1) is 0 Å². The van der Waals surface area contributed by atoms with Crippen LogP contribution in [0.15, 0.2) is 0 Å². The first-order valence-electron chi connectivity index (χ1n) is 2.96. The summed E-state index contributed by atoms with van der Waals surface area (Å²) in [6.07, 6.45) is 0. The topological polar surface area (TPSA) is 69.4 Å². The molecule has 1 saturated heterocycles. The number of hydrogen-bond donors (Lipinski definition) is 1. The van der Waals surface area contributed by atoms with Crippen molar-refractivity contribution in [3.63, 3.8) is 0 Å². The monoisotopic (exact) mass is 165 g/mol. The molecule has 0 bridgehead atoms. The third-order valence-corrected chi connectivity index (χ3v) is 3.48. The largest absolute Gasteiger partial charge is 0.383 e. The molecular weight excluding hydrogens is 154 g/mol. The summed E-state index contributed by atoms with van der Waals surface area (Å²) >= 11 is 0. The SMILES string of the molecule is COCC1(N)CS(=O)(=O)C1. The third-order valence-electron chi connectivity index (χ3n) is 1.45. The highest BCUT2D eigenvalue weighted by Crippen LogP contribution is 2.20. The molecule has 10 heavy (non-hydrogen) atoms. The molecule has 0 spiro atoms. The van der Waals surface area contributed by atoms with Gasteiger partial charge in [-0.2, -0.15) is 0 Å². The van der Waals surface area contributed by atoms with Gasteiger partial charge in [0.05, 0.1) is 23.7 Å². The van der Waals surface area contributed by atoms with E-state index in [1.165, 1.54) is 7.11 Å². The molecule has 0 unspecified atom stereocenters. The molecule has 0 amide bonds. The Morgan fingerprint density at radius 2 is 2.10 bits per heavy atom. The molecule has 5 heteroatoms. The summed E-state index contributed by atoms with van der Waals surface area (Å²) in [5, 5.41) is 0. The summed E-state index contributed by atoms with van der Waals surface area (Å²) in [4.78, 5) is 0.